The summed E-state index contributed by atoms with van der Waals surface area (Å²) in [5.41, 5.74) is -0.0880. The van der Waals surface area contributed by atoms with E-state index in [0.29, 0.717) is 0 Å². The lowest BCUT2D eigenvalue weighted by molar-refractivity contribution is 0.159. The Morgan fingerprint density at radius 3 is 2.75 bits per heavy atom. The second-order valence-electron chi connectivity index (χ2n) is 3.73. The molecule has 1 saturated heterocycles. The predicted molar refractivity (Wildman–Crippen MR) is 48.1 cm³/mol. The smallest absolute Gasteiger partial charge is 0.318 e. The molecule has 0 aliphatic carbocycles. The highest BCUT2D eigenvalue weighted by molar-refractivity contribution is 5.77. The van der Waals surface area contributed by atoms with Gasteiger partial charge in [-0.15, -0.1) is 0 Å². The Hall–Kier alpha value is -0.770. The third kappa shape index (κ3) is 1.69. The lowest BCUT2D eigenvalue weighted by atomic mass is 10.0. The van der Waals surface area contributed by atoms with Crippen molar-refractivity contribution in [2.75, 3.05) is 26.7 Å². The van der Waals surface area contributed by atoms with Crippen LogP contribution in [0.1, 0.15) is 13.8 Å². The van der Waals surface area contributed by atoms with Gasteiger partial charge in [0, 0.05) is 19.6 Å². The summed E-state index contributed by atoms with van der Waals surface area (Å²) in [7, 11) is 1.90. The van der Waals surface area contributed by atoms with Crippen LogP contribution in [-0.4, -0.2) is 43.2 Å². The zero-order valence-electron chi connectivity index (χ0n) is 7.98. The summed E-state index contributed by atoms with van der Waals surface area (Å²) in [4.78, 5) is 13.1. The van der Waals surface area contributed by atoms with Gasteiger partial charge in [-0.3, -0.25) is 0 Å². The van der Waals surface area contributed by atoms with Crippen LogP contribution in [0.25, 0.3) is 0 Å². The van der Waals surface area contributed by atoms with E-state index in [1.165, 1.54) is 0 Å². The molecule has 0 atom stereocenters. The number of carbonyl (C=O) groups excluding carboxylic acids is 1. The minimum absolute atomic E-state index is 0.0512. The van der Waals surface area contributed by atoms with E-state index in [1.54, 1.807) is 0 Å². The molecule has 0 saturated carbocycles. The molecule has 2 N–H and O–H groups in total. The summed E-state index contributed by atoms with van der Waals surface area (Å²) >= 11 is 0. The first kappa shape index (κ1) is 9.32. The van der Waals surface area contributed by atoms with Gasteiger partial charge in [0.15, 0.2) is 0 Å². The van der Waals surface area contributed by atoms with Crippen LogP contribution in [0, 0.1) is 0 Å². The molecule has 0 radical (unpaired) electrons. The molecule has 12 heavy (non-hydrogen) atoms. The number of rotatable bonds is 3. The summed E-state index contributed by atoms with van der Waals surface area (Å²) in [5.74, 6) is 0. The Labute approximate surface area is 73.3 Å². The van der Waals surface area contributed by atoms with Crippen LogP contribution in [0.4, 0.5) is 4.79 Å². The first-order chi connectivity index (χ1) is 5.58. The molecule has 2 amide bonds. The topological polar surface area (TPSA) is 44.4 Å². The van der Waals surface area contributed by atoms with E-state index in [-0.39, 0.29) is 11.6 Å². The van der Waals surface area contributed by atoms with Crippen molar-refractivity contribution in [3.8, 4) is 0 Å². The van der Waals surface area contributed by atoms with Crippen molar-refractivity contribution in [3.63, 3.8) is 0 Å². The monoisotopic (exact) mass is 171 g/mol. The number of hydrogen-bond donors (Lipinski definition) is 2. The van der Waals surface area contributed by atoms with Crippen molar-refractivity contribution in [1.82, 2.24) is 15.5 Å². The molecule has 0 spiro atoms. The molecule has 0 aromatic rings. The third-order valence-corrected chi connectivity index (χ3v) is 2.20. The highest BCUT2D eigenvalue weighted by atomic mass is 16.2. The van der Waals surface area contributed by atoms with Crippen LogP contribution >= 0.6 is 0 Å². The van der Waals surface area contributed by atoms with E-state index in [2.05, 4.69) is 24.5 Å². The maximum absolute atomic E-state index is 11.3. The van der Waals surface area contributed by atoms with Gasteiger partial charge in [0.2, 0.25) is 0 Å². The van der Waals surface area contributed by atoms with Crippen LogP contribution in [0.15, 0.2) is 0 Å². The summed E-state index contributed by atoms with van der Waals surface area (Å²) in [6.45, 7) is 6.53. The van der Waals surface area contributed by atoms with Crippen LogP contribution < -0.4 is 10.6 Å². The number of urea groups is 1. The maximum atomic E-state index is 11.3. The largest absolute Gasteiger partial charge is 0.336 e. The quantitative estimate of drug-likeness (QED) is 0.628. The van der Waals surface area contributed by atoms with Crippen molar-refractivity contribution in [2.45, 2.75) is 19.4 Å². The average molecular weight is 171 g/mol. The Balaban J connectivity index is 2.60. The maximum Gasteiger partial charge on any atom is 0.318 e. The summed E-state index contributed by atoms with van der Waals surface area (Å²) in [6, 6.07) is 0.0512. The second kappa shape index (κ2) is 3.31. The summed E-state index contributed by atoms with van der Waals surface area (Å²) in [5, 5.41) is 5.88. The van der Waals surface area contributed by atoms with E-state index in [0.717, 1.165) is 19.6 Å². The van der Waals surface area contributed by atoms with Crippen LogP contribution in [0.5, 0.6) is 0 Å². The molecule has 0 bridgehead atoms. The molecule has 1 aliphatic heterocycles. The number of amides is 2. The first-order valence-electron chi connectivity index (χ1n) is 4.28. The highest BCUT2D eigenvalue weighted by Gasteiger charge is 2.33. The Kier molecular flexibility index (Phi) is 2.57. The molecule has 1 aliphatic rings. The number of nitrogens with one attached hydrogen (secondary N) is 2. The van der Waals surface area contributed by atoms with Gasteiger partial charge in [-0.1, -0.05) is 0 Å². The van der Waals surface area contributed by atoms with Crippen LogP contribution in [-0.2, 0) is 0 Å². The fraction of sp³-hybridized carbons (Fsp3) is 0.875. The van der Waals surface area contributed by atoms with Crippen molar-refractivity contribution in [3.05, 3.63) is 0 Å². The standard InChI is InChI=1S/C8H17N3O/c1-8(2,6-9-3)11-5-4-10-7(11)12/h9H,4-6H2,1-3H3,(H,10,12). The first-order valence-corrected chi connectivity index (χ1v) is 4.28. The van der Waals surface area contributed by atoms with Crippen LogP contribution in [0.2, 0.25) is 0 Å². The van der Waals surface area contributed by atoms with Gasteiger partial charge in [0.1, 0.15) is 0 Å². The van der Waals surface area contributed by atoms with Gasteiger partial charge in [-0.25, -0.2) is 4.79 Å². The van der Waals surface area contributed by atoms with Gasteiger partial charge in [0.05, 0.1) is 5.54 Å². The Morgan fingerprint density at radius 1 is 1.67 bits per heavy atom. The average Bonchev–Trinajstić information content (AvgIpc) is 2.35. The molecule has 0 aromatic carbocycles. The van der Waals surface area contributed by atoms with Gasteiger partial charge in [0.25, 0.3) is 0 Å². The zero-order valence-corrected chi connectivity index (χ0v) is 7.98. The molecule has 4 heteroatoms. The fourth-order valence-electron chi connectivity index (χ4n) is 1.58. The normalized spacial score (nSPS) is 18.2. The minimum atomic E-state index is -0.0880. The predicted octanol–water partition coefficient (Wildman–Crippen LogP) is 0.00960. The van der Waals surface area contributed by atoms with E-state index in [4.69, 9.17) is 0 Å². The molecule has 0 unspecified atom stereocenters. The number of carbonyl (C=O) groups is 1. The van der Waals surface area contributed by atoms with E-state index < -0.39 is 0 Å². The lowest BCUT2D eigenvalue weighted by Gasteiger charge is -2.34. The summed E-state index contributed by atoms with van der Waals surface area (Å²) in [6.07, 6.45) is 0. The third-order valence-electron chi connectivity index (χ3n) is 2.20. The van der Waals surface area contributed by atoms with Crippen molar-refractivity contribution < 1.29 is 4.79 Å². The number of likely N-dealkylation sites (N-methyl/N-ethyl adjacent to an activating group) is 1. The Bertz CT molecular complexity index is 179. The van der Waals surface area contributed by atoms with Gasteiger partial charge >= 0.3 is 6.03 Å². The molecule has 70 valence electrons. The fourth-order valence-corrected chi connectivity index (χ4v) is 1.58. The molecule has 1 rings (SSSR count). The molecule has 1 heterocycles. The van der Waals surface area contributed by atoms with E-state index in [1.807, 2.05) is 11.9 Å². The second-order valence-corrected chi connectivity index (χ2v) is 3.73. The van der Waals surface area contributed by atoms with Crippen molar-refractivity contribution in [2.24, 2.45) is 0 Å². The molecular weight excluding hydrogens is 154 g/mol. The number of hydrogen-bond acceptors (Lipinski definition) is 2. The van der Waals surface area contributed by atoms with Gasteiger partial charge < -0.3 is 15.5 Å². The van der Waals surface area contributed by atoms with Gasteiger partial charge in [-0.05, 0) is 20.9 Å². The van der Waals surface area contributed by atoms with E-state index >= 15 is 0 Å². The number of nitrogens with zero attached hydrogens (tertiary/aromatic N) is 1. The molecule has 4 nitrogen and oxygen atoms in total. The Morgan fingerprint density at radius 2 is 2.33 bits per heavy atom. The molecule has 0 aromatic heterocycles. The molecule has 1 fully saturated rings. The van der Waals surface area contributed by atoms with Gasteiger partial charge in [-0.2, -0.15) is 0 Å². The minimum Gasteiger partial charge on any atom is -0.336 e. The van der Waals surface area contributed by atoms with Crippen LogP contribution in [0.3, 0.4) is 0 Å². The molecular formula is C8H17N3O. The van der Waals surface area contributed by atoms with E-state index in [9.17, 15) is 4.79 Å². The zero-order chi connectivity index (χ0) is 9.19. The SMILES string of the molecule is CNCC(C)(C)N1CCNC1=O. The highest BCUT2D eigenvalue weighted by Crippen LogP contribution is 2.15. The van der Waals surface area contributed by atoms with Crippen molar-refractivity contribution >= 4 is 6.03 Å². The van der Waals surface area contributed by atoms with Crippen molar-refractivity contribution in [1.29, 1.82) is 0 Å². The lowest BCUT2D eigenvalue weighted by Crippen LogP contribution is -2.51. The summed E-state index contributed by atoms with van der Waals surface area (Å²) < 4.78 is 0.